The molecule has 0 spiro atoms. The fraction of sp³-hybridized carbons (Fsp3) is 0.750. The van der Waals surface area contributed by atoms with Crippen LogP contribution in [0.4, 0.5) is 0 Å². The smallest absolute Gasteiger partial charge is 0.217 e. The van der Waals surface area contributed by atoms with E-state index in [0.29, 0.717) is 0 Å². The average Bonchev–Trinajstić information content (AvgIpc) is 2.82. The molecule has 0 aromatic heterocycles. The second-order valence-corrected chi connectivity index (χ2v) is 5.58. The molecule has 1 unspecified atom stereocenters. The Kier molecular flexibility index (Phi) is 7.52. The first-order valence-electron chi connectivity index (χ1n) is 7.90. The maximum absolute atomic E-state index is 11.0. The molecule has 1 atom stereocenters. The van der Waals surface area contributed by atoms with Gasteiger partial charge in [0.15, 0.2) is 5.84 Å². The number of hydrogen-bond acceptors (Lipinski definition) is 2. The van der Waals surface area contributed by atoms with Crippen LogP contribution in [0.3, 0.4) is 0 Å². The number of amidine groups is 1. The van der Waals surface area contributed by atoms with Crippen molar-refractivity contribution in [3.05, 3.63) is 12.7 Å². The molecule has 4 heteroatoms. The number of allylic oxidation sites excluding steroid dienone is 1. The number of nitrogens with zero attached hydrogens (tertiary/aromatic N) is 2. The van der Waals surface area contributed by atoms with Gasteiger partial charge < -0.3 is 5.32 Å². The molecule has 1 amide bonds. The normalized spacial score (nSPS) is 21.6. The minimum Gasteiger partial charge on any atom is -0.351 e. The standard InChI is InChI=1S/C16H29N3O/c1-4-6-7-8-9-10-16-18-12-14-19(16,5-2)13-11-17-15(3)20/h4H,1,5-14H2,2-3H3/p+1. The number of aliphatic imine (C=N–C) groups is 1. The van der Waals surface area contributed by atoms with Gasteiger partial charge >= 0.3 is 0 Å². The maximum Gasteiger partial charge on any atom is 0.217 e. The summed E-state index contributed by atoms with van der Waals surface area (Å²) in [5.41, 5.74) is 0. The molecule has 20 heavy (non-hydrogen) atoms. The van der Waals surface area contributed by atoms with Crippen LogP contribution in [0.15, 0.2) is 17.6 Å². The Morgan fingerprint density at radius 1 is 1.45 bits per heavy atom. The summed E-state index contributed by atoms with van der Waals surface area (Å²) < 4.78 is 0.974. The van der Waals surface area contributed by atoms with Crippen LogP contribution < -0.4 is 5.32 Å². The van der Waals surface area contributed by atoms with Gasteiger partial charge in [-0.2, -0.15) is 0 Å². The quantitative estimate of drug-likeness (QED) is 0.373. The van der Waals surface area contributed by atoms with E-state index >= 15 is 0 Å². The highest BCUT2D eigenvalue weighted by atomic mass is 16.1. The first-order chi connectivity index (χ1) is 9.64. The molecule has 0 fully saturated rings. The van der Waals surface area contributed by atoms with Crippen molar-refractivity contribution < 1.29 is 9.28 Å². The minimum atomic E-state index is 0.0568. The van der Waals surface area contributed by atoms with Gasteiger partial charge in [-0.15, -0.1) is 6.58 Å². The highest BCUT2D eigenvalue weighted by Crippen LogP contribution is 2.19. The van der Waals surface area contributed by atoms with Crippen LogP contribution >= 0.6 is 0 Å². The lowest BCUT2D eigenvalue weighted by molar-refractivity contribution is -0.833. The molecule has 1 aliphatic heterocycles. The molecule has 0 aromatic carbocycles. The van der Waals surface area contributed by atoms with Gasteiger partial charge in [0.2, 0.25) is 5.91 Å². The van der Waals surface area contributed by atoms with Crippen LogP contribution in [0.5, 0.6) is 0 Å². The number of carbonyl (C=O) groups excluding carboxylic acids is 1. The molecule has 0 saturated heterocycles. The van der Waals surface area contributed by atoms with Crippen LogP contribution in [0.2, 0.25) is 0 Å². The Morgan fingerprint density at radius 2 is 2.25 bits per heavy atom. The van der Waals surface area contributed by atoms with Crippen molar-refractivity contribution in [1.29, 1.82) is 0 Å². The number of likely N-dealkylation sites (N-methyl/N-ethyl adjacent to an activating group) is 1. The largest absolute Gasteiger partial charge is 0.351 e. The molecular weight excluding hydrogens is 250 g/mol. The van der Waals surface area contributed by atoms with Crippen LogP contribution in [0.1, 0.15) is 46.0 Å². The third-order valence-electron chi connectivity index (χ3n) is 4.20. The Labute approximate surface area is 123 Å². The number of nitrogens with one attached hydrogen (secondary N) is 1. The van der Waals surface area contributed by atoms with E-state index in [-0.39, 0.29) is 5.91 Å². The summed E-state index contributed by atoms with van der Waals surface area (Å²) in [6.07, 6.45) is 7.91. The summed E-state index contributed by atoms with van der Waals surface area (Å²) in [5, 5.41) is 2.92. The molecule has 1 N–H and O–H groups in total. The third kappa shape index (κ3) is 5.08. The lowest BCUT2D eigenvalue weighted by atomic mass is 10.1. The minimum absolute atomic E-state index is 0.0568. The Balaban J connectivity index is 2.42. The van der Waals surface area contributed by atoms with Crippen LogP contribution in [0, 0.1) is 0 Å². The van der Waals surface area contributed by atoms with Crippen molar-refractivity contribution in [2.45, 2.75) is 46.0 Å². The fourth-order valence-corrected chi connectivity index (χ4v) is 2.90. The monoisotopic (exact) mass is 280 g/mol. The number of amides is 1. The van der Waals surface area contributed by atoms with E-state index in [9.17, 15) is 4.79 Å². The van der Waals surface area contributed by atoms with Crippen LogP contribution in [-0.4, -0.2) is 48.9 Å². The summed E-state index contributed by atoms with van der Waals surface area (Å²) in [7, 11) is 0. The van der Waals surface area contributed by atoms with Crippen molar-refractivity contribution in [3.8, 4) is 0 Å². The fourth-order valence-electron chi connectivity index (χ4n) is 2.90. The molecule has 0 aliphatic carbocycles. The van der Waals surface area contributed by atoms with Crippen molar-refractivity contribution in [2.24, 2.45) is 4.99 Å². The molecular formula is C16H30N3O+. The first-order valence-corrected chi connectivity index (χ1v) is 7.90. The number of carbonyl (C=O) groups is 1. The lowest BCUT2D eigenvalue weighted by Gasteiger charge is -2.33. The molecule has 1 heterocycles. The second-order valence-electron chi connectivity index (χ2n) is 5.58. The number of rotatable bonds is 10. The summed E-state index contributed by atoms with van der Waals surface area (Å²) >= 11 is 0. The second kappa shape index (κ2) is 8.90. The summed E-state index contributed by atoms with van der Waals surface area (Å²) in [5.74, 6) is 1.40. The van der Waals surface area contributed by atoms with Crippen LogP contribution in [0.25, 0.3) is 0 Å². The molecule has 0 aromatic rings. The highest BCUT2D eigenvalue weighted by molar-refractivity contribution is 5.77. The van der Waals surface area contributed by atoms with Gasteiger partial charge in [0.1, 0.15) is 13.1 Å². The van der Waals surface area contributed by atoms with Gasteiger partial charge in [-0.1, -0.05) is 12.5 Å². The van der Waals surface area contributed by atoms with Gasteiger partial charge in [0.05, 0.1) is 19.6 Å². The third-order valence-corrected chi connectivity index (χ3v) is 4.20. The highest BCUT2D eigenvalue weighted by Gasteiger charge is 2.35. The lowest BCUT2D eigenvalue weighted by Crippen LogP contribution is -2.54. The number of quaternary nitrogens is 1. The summed E-state index contributed by atoms with van der Waals surface area (Å²) in [4.78, 5) is 15.7. The van der Waals surface area contributed by atoms with Crippen LogP contribution in [-0.2, 0) is 4.79 Å². The van der Waals surface area contributed by atoms with Gasteiger partial charge in [0, 0.05) is 13.3 Å². The van der Waals surface area contributed by atoms with Gasteiger partial charge in [0.25, 0.3) is 0 Å². The van der Waals surface area contributed by atoms with E-state index in [2.05, 4.69) is 18.8 Å². The van der Waals surface area contributed by atoms with Gasteiger partial charge in [-0.3, -0.25) is 9.28 Å². The molecule has 1 aliphatic rings. The summed E-state index contributed by atoms with van der Waals surface area (Å²) in [6.45, 7) is 12.4. The van der Waals surface area contributed by atoms with Gasteiger partial charge in [-0.05, 0) is 26.2 Å². The number of hydrogen-bond donors (Lipinski definition) is 1. The zero-order chi connectivity index (χ0) is 14.8. The summed E-state index contributed by atoms with van der Waals surface area (Å²) in [6, 6.07) is 0. The zero-order valence-electron chi connectivity index (χ0n) is 13.2. The maximum atomic E-state index is 11.0. The topological polar surface area (TPSA) is 41.5 Å². The predicted octanol–water partition coefficient (Wildman–Crippen LogP) is 2.51. The van der Waals surface area contributed by atoms with E-state index in [1.54, 1.807) is 6.92 Å². The van der Waals surface area contributed by atoms with Crippen molar-refractivity contribution >= 4 is 11.7 Å². The zero-order valence-corrected chi connectivity index (χ0v) is 13.2. The molecule has 0 saturated carbocycles. The van der Waals surface area contributed by atoms with Gasteiger partial charge in [-0.25, -0.2) is 4.99 Å². The molecule has 0 radical (unpaired) electrons. The first kappa shape index (κ1) is 16.9. The van der Waals surface area contributed by atoms with E-state index in [1.807, 2.05) is 6.08 Å². The SMILES string of the molecule is C=CCCCCCC1=NCC[N+]1(CC)CCNC(C)=O. The molecule has 1 rings (SSSR count). The Hall–Kier alpha value is -1.16. The number of unbranched alkanes of at least 4 members (excludes halogenated alkanes) is 3. The van der Waals surface area contributed by atoms with Crippen molar-refractivity contribution in [2.75, 3.05) is 32.7 Å². The molecule has 4 nitrogen and oxygen atoms in total. The average molecular weight is 280 g/mol. The van der Waals surface area contributed by atoms with E-state index < -0.39 is 0 Å². The van der Waals surface area contributed by atoms with E-state index in [4.69, 9.17) is 4.99 Å². The Morgan fingerprint density at radius 3 is 2.90 bits per heavy atom. The Bertz CT molecular complexity index is 352. The predicted molar refractivity (Wildman–Crippen MR) is 84.8 cm³/mol. The van der Waals surface area contributed by atoms with Crippen molar-refractivity contribution in [3.63, 3.8) is 0 Å². The van der Waals surface area contributed by atoms with E-state index in [1.165, 1.54) is 25.1 Å². The molecule has 114 valence electrons. The van der Waals surface area contributed by atoms with E-state index in [0.717, 1.165) is 50.0 Å². The molecule has 0 bridgehead atoms. The van der Waals surface area contributed by atoms with Crippen molar-refractivity contribution in [1.82, 2.24) is 5.32 Å².